The monoisotopic (exact) mass is 532 g/mol. The molecule has 0 N–H and O–H groups in total. The summed E-state index contributed by atoms with van der Waals surface area (Å²) in [5.41, 5.74) is 10.2. The Labute approximate surface area is 202 Å². The number of halogens is 2. The van der Waals surface area contributed by atoms with E-state index in [9.17, 15) is 0 Å². The fraction of sp³-hybridized carbons (Fsp3) is 0.0741. The van der Waals surface area contributed by atoms with E-state index in [1.165, 1.54) is 27.8 Å². The Morgan fingerprint density at radius 1 is 0.750 bits per heavy atom. The van der Waals surface area contributed by atoms with Crippen LogP contribution in [0.15, 0.2) is 91.3 Å². The first-order valence-electron chi connectivity index (χ1n) is 10.4. The van der Waals surface area contributed by atoms with Gasteiger partial charge in [0.1, 0.15) is 0 Å². The summed E-state index contributed by atoms with van der Waals surface area (Å²) in [6.07, 6.45) is 4.52. The van der Waals surface area contributed by atoms with Crippen molar-refractivity contribution in [1.29, 1.82) is 0 Å². The van der Waals surface area contributed by atoms with Crippen LogP contribution in [0.25, 0.3) is 22.3 Å². The second-order valence-corrected chi connectivity index (χ2v) is 16.5. The number of allylic oxidation sites excluding steroid dienone is 1. The zero-order chi connectivity index (χ0) is 22.1. The third kappa shape index (κ3) is 3.99. The molecular weight excluding hydrogens is 514 g/mol. The SMILES string of the molecule is C[C](C(=C(c1ccccn1)c1ccccn1)c1cccc2c1Cc1ccccc1-2)=[Zr]([Cl])[Cl]. The zero-order valence-corrected chi connectivity index (χ0v) is 21.5. The molecule has 0 saturated carbocycles. The summed E-state index contributed by atoms with van der Waals surface area (Å²) in [4.78, 5) is 9.40. The number of benzene rings is 2. The van der Waals surface area contributed by atoms with Crippen LogP contribution in [-0.4, -0.2) is 13.2 Å². The maximum absolute atomic E-state index is 6.68. The van der Waals surface area contributed by atoms with Crippen molar-refractivity contribution in [1.82, 2.24) is 9.97 Å². The summed E-state index contributed by atoms with van der Waals surface area (Å²) in [5, 5.41) is 0. The summed E-state index contributed by atoms with van der Waals surface area (Å²) < 4.78 is 1.08. The maximum atomic E-state index is 6.68. The van der Waals surface area contributed by atoms with Gasteiger partial charge in [0.15, 0.2) is 0 Å². The molecule has 1 aliphatic rings. The van der Waals surface area contributed by atoms with Crippen molar-refractivity contribution in [2.45, 2.75) is 13.3 Å². The van der Waals surface area contributed by atoms with Crippen LogP contribution >= 0.6 is 17.0 Å². The van der Waals surface area contributed by atoms with Crippen LogP contribution in [0.5, 0.6) is 0 Å². The van der Waals surface area contributed by atoms with E-state index in [1.54, 1.807) is 0 Å². The van der Waals surface area contributed by atoms with Crippen molar-refractivity contribution < 1.29 is 18.9 Å². The van der Waals surface area contributed by atoms with Crippen molar-refractivity contribution in [3.05, 3.63) is 119 Å². The molecule has 2 aromatic carbocycles. The molecule has 5 rings (SSSR count). The second-order valence-electron chi connectivity index (χ2n) is 7.73. The standard InChI is InChI=1S/C27H20N2.2ClH.Zr/c1-2-20(27(25-14-5-7-16-28-25)26-15-6-8-17-29-26)22-12-9-13-23-21-11-4-3-10-19(21)18-24(22)23;;;/h3-17H,18H2,1H3;2*1H;/q;;;+2/p-2. The van der Waals surface area contributed by atoms with Gasteiger partial charge >= 0.3 is 204 Å². The number of pyridine rings is 2. The van der Waals surface area contributed by atoms with Gasteiger partial charge < -0.3 is 0 Å². The van der Waals surface area contributed by atoms with E-state index in [4.69, 9.17) is 27.0 Å². The first kappa shape index (κ1) is 21.6. The third-order valence-corrected chi connectivity index (χ3v) is 11.2. The molecule has 5 heteroatoms. The van der Waals surface area contributed by atoms with Crippen LogP contribution in [0.1, 0.15) is 35.0 Å². The topological polar surface area (TPSA) is 25.8 Å². The summed E-state index contributed by atoms with van der Waals surface area (Å²) in [5.74, 6) is 0. The average molecular weight is 535 g/mol. The van der Waals surface area contributed by atoms with Gasteiger partial charge in [-0.25, -0.2) is 0 Å². The fourth-order valence-corrected chi connectivity index (χ4v) is 6.64. The van der Waals surface area contributed by atoms with E-state index in [1.807, 2.05) is 48.8 Å². The summed E-state index contributed by atoms with van der Waals surface area (Å²) in [7, 11) is 13.4. The van der Waals surface area contributed by atoms with Crippen molar-refractivity contribution in [2.24, 2.45) is 0 Å². The first-order valence-corrected chi connectivity index (χ1v) is 18.0. The quantitative estimate of drug-likeness (QED) is 0.245. The van der Waals surface area contributed by atoms with Crippen molar-refractivity contribution in [2.75, 3.05) is 0 Å². The van der Waals surface area contributed by atoms with E-state index >= 15 is 0 Å². The average Bonchev–Trinajstić information content (AvgIpc) is 3.22. The van der Waals surface area contributed by atoms with Gasteiger partial charge in [-0.1, -0.05) is 0 Å². The van der Waals surface area contributed by atoms with Crippen LogP contribution in [0.4, 0.5) is 0 Å². The van der Waals surface area contributed by atoms with E-state index in [0.717, 1.165) is 32.2 Å². The summed E-state index contributed by atoms with van der Waals surface area (Å²) in [6, 6.07) is 27.1. The molecule has 0 unspecified atom stereocenters. The van der Waals surface area contributed by atoms with E-state index < -0.39 is 18.9 Å². The molecule has 4 aromatic rings. The molecule has 2 nitrogen and oxygen atoms in total. The molecule has 156 valence electrons. The molecular formula is C27H20Cl2N2Zr. The van der Waals surface area contributed by atoms with Gasteiger partial charge in [-0.2, -0.15) is 0 Å². The number of fused-ring (bicyclic) bond motifs is 3. The molecule has 1 aliphatic carbocycles. The number of rotatable bonds is 4. The minimum atomic E-state index is -2.77. The minimum absolute atomic E-state index is 0.867. The molecule has 2 aromatic heterocycles. The third-order valence-electron chi connectivity index (χ3n) is 5.87. The van der Waals surface area contributed by atoms with Crippen LogP contribution in [0.2, 0.25) is 0 Å². The Morgan fingerprint density at radius 3 is 2.00 bits per heavy atom. The molecule has 2 heterocycles. The molecule has 0 saturated heterocycles. The van der Waals surface area contributed by atoms with Crippen molar-refractivity contribution in [3.8, 4) is 11.1 Å². The Hall–Kier alpha value is -2.19. The summed E-state index contributed by atoms with van der Waals surface area (Å²) in [6.45, 7) is 2.08. The Kier molecular flexibility index (Phi) is 6.33. The Morgan fingerprint density at radius 2 is 1.38 bits per heavy atom. The molecule has 0 bridgehead atoms. The second kappa shape index (κ2) is 9.35. The Balaban J connectivity index is 1.87. The van der Waals surface area contributed by atoms with E-state index in [0.29, 0.717) is 0 Å². The number of hydrogen-bond donors (Lipinski definition) is 0. The van der Waals surface area contributed by atoms with Crippen LogP contribution in [0, 0.1) is 0 Å². The van der Waals surface area contributed by atoms with Crippen LogP contribution in [-0.2, 0) is 25.3 Å². The molecule has 0 atom stereocenters. The van der Waals surface area contributed by atoms with E-state index in [-0.39, 0.29) is 0 Å². The molecule has 0 spiro atoms. The molecule has 0 radical (unpaired) electrons. The number of hydrogen-bond acceptors (Lipinski definition) is 2. The summed E-state index contributed by atoms with van der Waals surface area (Å²) >= 11 is -2.77. The van der Waals surface area contributed by atoms with Gasteiger partial charge in [0.25, 0.3) is 0 Å². The zero-order valence-electron chi connectivity index (χ0n) is 17.5. The number of nitrogens with zero attached hydrogens (tertiary/aromatic N) is 2. The predicted molar refractivity (Wildman–Crippen MR) is 131 cm³/mol. The fourth-order valence-electron chi connectivity index (χ4n) is 4.42. The van der Waals surface area contributed by atoms with Gasteiger partial charge in [0.2, 0.25) is 0 Å². The van der Waals surface area contributed by atoms with Gasteiger partial charge in [-0.15, -0.1) is 0 Å². The molecule has 0 amide bonds. The van der Waals surface area contributed by atoms with Crippen molar-refractivity contribution in [3.63, 3.8) is 0 Å². The van der Waals surface area contributed by atoms with E-state index in [2.05, 4.69) is 49.4 Å². The normalized spacial score (nSPS) is 11.5. The van der Waals surface area contributed by atoms with Crippen LogP contribution in [0.3, 0.4) is 0 Å². The van der Waals surface area contributed by atoms with Gasteiger partial charge in [-0.3, -0.25) is 0 Å². The van der Waals surface area contributed by atoms with Crippen LogP contribution < -0.4 is 0 Å². The Bertz CT molecular complexity index is 1320. The molecule has 32 heavy (non-hydrogen) atoms. The molecule has 0 fully saturated rings. The van der Waals surface area contributed by atoms with Crippen molar-refractivity contribution >= 4 is 31.4 Å². The molecule has 0 aliphatic heterocycles. The van der Waals surface area contributed by atoms with Gasteiger partial charge in [0, 0.05) is 0 Å². The van der Waals surface area contributed by atoms with Gasteiger partial charge in [-0.05, 0) is 0 Å². The number of aromatic nitrogens is 2. The predicted octanol–water partition coefficient (Wildman–Crippen LogP) is 7.13. The first-order chi connectivity index (χ1) is 15.6. The van der Waals surface area contributed by atoms with Gasteiger partial charge in [0.05, 0.1) is 0 Å².